The molecule has 0 radical (unpaired) electrons. The molecule has 18 heteroatoms. The van der Waals surface area contributed by atoms with Crippen molar-refractivity contribution in [1.82, 2.24) is 15.0 Å². The summed E-state index contributed by atoms with van der Waals surface area (Å²) in [6.45, 7) is 0. The Labute approximate surface area is 267 Å². The highest BCUT2D eigenvalue weighted by molar-refractivity contribution is 7.87. The highest BCUT2D eigenvalue weighted by Gasteiger charge is 2.21. The number of nitrogens with one attached hydrogen (secondary N) is 3. The van der Waals surface area contributed by atoms with Gasteiger partial charge in [-0.2, -0.15) is 40.2 Å². The number of nitrogens with zero attached hydrogens (tertiary/aromatic N) is 3. The van der Waals surface area contributed by atoms with Gasteiger partial charge in [0, 0.05) is 27.8 Å². The van der Waals surface area contributed by atoms with E-state index < -0.39 is 40.1 Å². The zero-order valence-electron chi connectivity index (χ0n) is 23.6. The van der Waals surface area contributed by atoms with Gasteiger partial charge in [0.2, 0.25) is 17.8 Å². The van der Waals surface area contributed by atoms with Gasteiger partial charge in [-0.25, -0.2) is 0 Å². The lowest BCUT2D eigenvalue weighted by Crippen LogP contribution is -2.08. The Kier molecular flexibility index (Phi) is 8.00. The normalized spacial score (nSPS) is 12.2. The van der Waals surface area contributed by atoms with Crippen molar-refractivity contribution < 1.29 is 38.9 Å². The lowest BCUT2D eigenvalue weighted by atomic mass is 10.1. The molecule has 0 spiro atoms. The molecule has 0 atom stereocenters. The van der Waals surface area contributed by atoms with Gasteiger partial charge in [0.05, 0.1) is 4.90 Å². The molecule has 1 heterocycles. The molecule has 0 unspecified atom stereocenters. The van der Waals surface area contributed by atoms with E-state index in [9.17, 15) is 38.9 Å². The number of hydrogen-bond donors (Lipinski definition) is 6. The number of hydrogen-bond acceptors (Lipinski definition) is 12. The fraction of sp³-hybridized carbons (Fsp3) is 0. The third-order valence-corrected chi connectivity index (χ3v) is 9.40. The zero-order chi connectivity index (χ0) is 33.6. The highest BCUT2D eigenvalue weighted by atomic mass is 32.2. The van der Waals surface area contributed by atoms with Gasteiger partial charge >= 0.3 is 0 Å². The third kappa shape index (κ3) is 7.12. The van der Waals surface area contributed by atoms with Crippen LogP contribution in [0.25, 0.3) is 21.5 Å². The smallest absolute Gasteiger partial charge is 0.295 e. The minimum atomic E-state index is -4.87. The summed E-state index contributed by atoms with van der Waals surface area (Å²) in [5.41, 5.74) is 1.40. The third-order valence-electron chi connectivity index (χ3n) is 6.76. The SMILES string of the molecule is O=S(=O)(O)c1cc(S(=O)(=O)O)c2ccc(Nc3nc(Nc4ccccc4)nc(Nc4ccc5c(S(=O)(=O)O)cccc5c4)n3)cc2c1. The summed E-state index contributed by atoms with van der Waals surface area (Å²) in [5.74, 6) is 0.152. The summed E-state index contributed by atoms with van der Waals surface area (Å²) >= 11 is 0. The van der Waals surface area contributed by atoms with E-state index in [4.69, 9.17) is 0 Å². The Morgan fingerprint density at radius 3 is 1.49 bits per heavy atom. The van der Waals surface area contributed by atoms with Gasteiger partial charge in [-0.05, 0) is 65.4 Å². The van der Waals surface area contributed by atoms with Crippen LogP contribution in [0.5, 0.6) is 0 Å². The number of aromatic nitrogens is 3. The Bertz CT molecular complexity index is 2530. The van der Waals surface area contributed by atoms with Crippen LogP contribution in [0, 0.1) is 0 Å². The van der Waals surface area contributed by atoms with Gasteiger partial charge < -0.3 is 16.0 Å². The van der Waals surface area contributed by atoms with Crippen molar-refractivity contribution in [3.63, 3.8) is 0 Å². The zero-order valence-corrected chi connectivity index (χ0v) is 26.0. The first kappa shape index (κ1) is 31.7. The van der Waals surface area contributed by atoms with Crippen LogP contribution < -0.4 is 16.0 Å². The molecule has 0 saturated carbocycles. The Hall–Kier alpha value is -5.24. The number of fused-ring (bicyclic) bond motifs is 2. The molecule has 1 aromatic heterocycles. The second-order valence-electron chi connectivity index (χ2n) is 10.0. The Balaban J connectivity index is 1.40. The summed E-state index contributed by atoms with van der Waals surface area (Å²) in [7, 11) is -14.2. The van der Waals surface area contributed by atoms with Crippen LogP contribution in [0.1, 0.15) is 0 Å². The summed E-state index contributed by atoms with van der Waals surface area (Å²) < 4.78 is 100. The van der Waals surface area contributed by atoms with Crippen molar-refractivity contribution in [2.75, 3.05) is 16.0 Å². The van der Waals surface area contributed by atoms with Gasteiger partial charge in [-0.15, -0.1) is 0 Å². The lowest BCUT2D eigenvalue weighted by molar-refractivity contribution is 0.479. The summed E-state index contributed by atoms with van der Waals surface area (Å²) in [5, 5.41) is 9.91. The molecule has 0 aliphatic rings. The molecule has 0 saturated heterocycles. The van der Waals surface area contributed by atoms with Crippen molar-refractivity contribution in [1.29, 1.82) is 0 Å². The molecular weight excluding hydrogens is 673 g/mol. The molecular formula is C29H22N6O9S3. The van der Waals surface area contributed by atoms with Gasteiger partial charge in [0.1, 0.15) is 9.79 Å². The van der Waals surface area contributed by atoms with E-state index in [0.29, 0.717) is 28.2 Å². The maximum Gasteiger partial charge on any atom is 0.295 e. The van der Waals surface area contributed by atoms with Crippen LogP contribution in [0.15, 0.2) is 112 Å². The van der Waals surface area contributed by atoms with E-state index in [-0.39, 0.29) is 39.2 Å². The van der Waals surface area contributed by atoms with Gasteiger partial charge in [0.15, 0.2) is 0 Å². The first-order chi connectivity index (χ1) is 22.1. The van der Waals surface area contributed by atoms with Crippen LogP contribution in [-0.2, 0) is 30.4 Å². The van der Waals surface area contributed by atoms with E-state index in [1.165, 1.54) is 36.4 Å². The lowest BCUT2D eigenvalue weighted by Gasteiger charge is -2.13. The van der Waals surface area contributed by atoms with Crippen LogP contribution in [0.2, 0.25) is 0 Å². The van der Waals surface area contributed by atoms with Gasteiger partial charge in [-0.1, -0.05) is 42.5 Å². The molecule has 0 aliphatic heterocycles. The fourth-order valence-corrected chi connectivity index (χ4v) is 6.83. The van der Waals surface area contributed by atoms with E-state index >= 15 is 0 Å². The maximum absolute atomic E-state index is 12.0. The van der Waals surface area contributed by atoms with Crippen molar-refractivity contribution >= 4 is 86.8 Å². The van der Waals surface area contributed by atoms with Crippen molar-refractivity contribution in [3.8, 4) is 0 Å². The van der Waals surface area contributed by atoms with Crippen molar-refractivity contribution in [2.24, 2.45) is 0 Å². The van der Waals surface area contributed by atoms with Gasteiger partial charge in [0.25, 0.3) is 30.4 Å². The van der Waals surface area contributed by atoms with E-state index in [0.717, 1.165) is 6.07 Å². The quantitative estimate of drug-likeness (QED) is 0.107. The predicted molar refractivity (Wildman–Crippen MR) is 173 cm³/mol. The summed E-state index contributed by atoms with van der Waals surface area (Å²) in [4.78, 5) is 11.5. The number of anilines is 6. The largest absolute Gasteiger partial charge is 0.324 e. The predicted octanol–water partition coefficient (Wildman–Crippen LogP) is 5.15. The standard InChI is InChI=1S/C29H22N6O9S3/c36-45(37,38)22-15-18-14-21(10-12-24(18)26(16-22)47(42,43)44)32-29-34-27(30-19-6-2-1-3-7-19)33-28(35-29)31-20-9-11-23-17(13-20)5-4-8-25(23)46(39,40)41/h1-16H,(H,36,37,38)(H,39,40,41)(H,42,43,44)(H3,30,31,32,33,34,35). The highest BCUT2D eigenvalue weighted by Crippen LogP contribution is 2.31. The van der Waals surface area contributed by atoms with Crippen molar-refractivity contribution in [2.45, 2.75) is 14.7 Å². The minimum absolute atomic E-state index is 0.00401. The molecule has 15 nitrogen and oxygen atoms in total. The van der Waals surface area contributed by atoms with Gasteiger partial charge in [-0.3, -0.25) is 13.7 Å². The van der Waals surface area contributed by atoms with E-state index in [1.807, 2.05) is 6.07 Å². The molecule has 0 aliphatic carbocycles. The average Bonchev–Trinajstić information content (AvgIpc) is 2.99. The first-order valence-corrected chi connectivity index (χ1v) is 17.6. The second kappa shape index (κ2) is 11.8. The fourth-order valence-electron chi connectivity index (χ4n) is 4.76. The maximum atomic E-state index is 12.0. The molecule has 240 valence electrons. The topological polar surface area (TPSA) is 238 Å². The number of benzene rings is 5. The van der Waals surface area contributed by atoms with Crippen LogP contribution in [-0.4, -0.2) is 53.9 Å². The number of rotatable bonds is 9. The molecule has 0 fully saturated rings. The summed E-state index contributed by atoms with van der Waals surface area (Å²) in [6.07, 6.45) is 0. The number of para-hydroxylation sites is 1. The summed E-state index contributed by atoms with van der Waals surface area (Å²) in [6, 6.07) is 24.0. The first-order valence-electron chi connectivity index (χ1n) is 13.3. The van der Waals surface area contributed by atoms with E-state index in [1.54, 1.807) is 42.5 Å². The molecule has 0 amide bonds. The minimum Gasteiger partial charge on any atom is -0.324 e. The van der Waals surface area contributed by atoms with Crippen LogP contribution in [0.4, 0.5) is 34.9 Å². The van der Waals surface area contributed by atoms with Crippen LogP contribution >= 0.6 is 0 Å². The Morgan fingerprint density at radius 1 is 0.447 bits per heavy atom. The van der Waals surface area contributed by atoms with E-state index in [2.05, 4.69) is 30.9 Å². The second-order valence-corrected chi connectivity index (χ2v) is 14.2. The molecule has 47 heavy (non-hydrogen) atoms. The van der Waals surface area contributed by atoms with Crippen LogP contribution in [0.3, 0.4) is 0 Å². The van der Waals surface area contributed by atoms with Crippen molar-refractivity contribution in [3.05, 3.63) is 97.1 Å². The molecule has 0 bridgehead atoms. The molecule has 6 rings (SSSR count). The molecule has 6 aromatic rings. The molecule has 5 aromatic carbocycles. The monoisotopic (exact) mass is 694 g/mol. The molecule has 6 N–H and O–H groups in total. The Morgan fingerprint density at radius 2 is 0.957 bits per heavy atom. The average molecular weight is 695 g/mol.